The molecule has 4 nitrogen and oxygen atoms in total. The van der Waals surface area contributed by atoms with Crippen molar-refractivity contribution >= 4 is 5.96 Å². The van der Waals surface area contributed by atoms with E-state index in [1.54, 1.807) is 0 Å². The summed E-state index contributed by atoms with van der Waals surface area (Å²) in [4.78, 5) is 6.45. The highest BCUT2D eigenvalue weighted by molar-refractivity contribution is 5.75. The van der Waals surface area contributed by atoms with E-state index in [1.165, 1.54) is 25.7 Å². The zero-order valence-corrected chi connectivity index (χ0v) is 10.2. The Balaban J connectivity index is 3.73. The van der Waals surface area contributed by atoms with Crippen molar-refractivity contribution in [2.24, 2.45) is 16.5 Å². The molecule has 0 saturated heterocycles. The van der Waals surface area contributed by atoms with Crippen molar-refractivity contribution in [3.8, 4) is 0 Å². The van der Waals surface area contributed by atoms with Gasteiger partial charge >= 0.3 is 0 Å². The molecule has 0 aromatic rings. The van der Waals surface area contributed by atoms with Gasteiger partial charge in [0.1, 0.15) is 0 Å². The van der Waals surface area contributed by atoms with Crippen LogP contribution in [0, 0.1) is 0 Å². The van der Waals surface area contributed by atoms with Crippen LogP contribution < -0.4 is 11.5 Å². The molecule has 0 aliphatic rings. The van der Waals surface area contributed by atoms with E-state index in [4.69, 9.17) is 11.5 Å². The summed E-state index contributed by atoms with van der Waals surface area (Å²) in [5.41, 5.74) is 10.6. The molecule has 90 valence electrons. The summed E-state index contributed by atoms with van der Waals surface area (Å²) in [5.74, 6) is 0.195. The topological polar surface area (TPSA) is 67.6 Å². The summed E-state index contributed by atoms with van der Waals surface area (Å²) in [6, 6.07) is 0. The second-order valence-electron chi connectivity index (χ2n) is 3.86. The highest BCUT2D eigenvalue weighted by Crippen LogP contribution is 1.98. The predicted molar refractivity (Wildman–Crippen MR) is 66.9 cm³/mol. The van der Waals surface area contributed by atoms with E-state index >= 15 is 0 Å². The molecule has 4 N–H and O–H groups in total. The largest absolute Gasteiger partial charge is 0.370 e. The lowest BCUT2D eigenvalue weighted by atomic mass is 10.2. The third-order valence-electron chi connectivity index (χ3n) is 2.37. The van der Waals surface area contributed by atoms with Crippen LogP contribution in [-0.2, 0) is 0 Å². The van der Waals surface area contributed by atoms with Gasteiger partial charge in [0, 0.05) is 6.54 Å². The Morgan fingerprint density at radius 2 is 1.53 bits per heavy atom. The number of rotatable bonds is 9. The number of aliphatic imine (C=N–C) groups is 1. The van der Waals surface area contributed by atoms with Crippen LogP contribution in [0.4, 0.5) is 0 Å². The Bertz CT molecular complexity index is 156. The molecule has 0 rings (SSSR count). The van der Waals surface area contributed by atoms with Gasteiger partial charge in [-0.05, 0) is 25.9 Å². The van der Waals surface area contributed by atoms with Gasteiger partial charge in [0.25, 0.3) is 0 Å². The SMILES string of the molecule is CCCCN(CCCC)CCN=C(N)N. The van der Waals surface area contributed by atoms with Crippen molar-refractivity contribution in [2.45, 2.75) is 39.5 Å². The minimum atomic E-state index is 0.195. The lowest BCUT2D eigenvalue weighted by molar-refractivity contribution is 0.272. The van der Waals surface area contributed by atoms with Crippen molar-refractivity contribution in [3.63, 3.8) is 0 Å². The van der Waals surface area contributed by atoms with Crippen LogP contribution in [0.2, 0.25) is 0 Å². The molecular weight excluding hydrogens is 188 g/mol. The summed E-state index contributed by atoms with van der Waals surface area (Å²) in [5, 5.41) is 0. The molecule has 0 aromatic heterocycles. The average Bonchev–Trinajstić information content (AvgIpc) is 2.20. The molecule has 0 aliphatic carbocycles. The maximum absolute atomic E-state index is 5.29. The number of hydrogen-bond acceptors (Lipinski definition) is 2. The van der Waals surface area contributed by atoms with Crippen LogP contribution in [0.25, 0.3) is 0 Å². The number of hydrogen-bond donors (Lipinski definition) is 2. The molecule has 0 spiro atoms. The summed E-state index contributed by atoms with van der Waals surface area (Å²) < 4.78 is 0. The third-order valence-corrected chi connectivity index (χ3v) is 2.37. The van der Waals surface area contributed by atoms with Crippen molar-refractivity contribution in [1.82, 2.24) is 4.90 Å². The van der Waals surface area contributed by atoms with Gasteiger partial charge in [-0.25, -0.2) is 0 Å². The molecule has 0 amide bonds. The first kappa shape index (κ1) is 14.2. The molecule has 0 fully saturated rings. The van der Waals surface area contributed by atoms with Crippen molar-refractivity contribution in [1.29, 1.82) is 0 Å². The second kappa shape index (κ2) is 9.77. The summed E-state index contributed by atoms with van der Waals surface area (Å²) >= 11 is 0. The number of nitrogens with zero attached hydrogens (tertiary/aromatic N) is 2. The Labute approximate surface area is 93.7 Å². The van der Waals surface area contributed by atoms with Gasteiger partial charge in [-0.15, -0.1) is 0 Å². The van der Waals surface area contributed by atoms with E-state index < -0.39 is 0 Å². The van der Waals surface area contributed by atoms with Crippen LogP contribution >= 0.6 is 0 Å². The fraction of sp³-hybridized carbons (Fsp3) is 0.909. The molecule has 0 aliphatic heterocycles. The molecule has 4 heteroatoms. The van der Waals surface area contributed by atoms with E-state index in [-0.39, 0.29) is 5.96 Å². The van der Waals surface area contributed by atoms with Crippen molar-refractivity contribution in [3.05, 3.63) is 0 Å². The smallest absolute Gasteiger partial charge is 0.185 e. The Hall–Kier alpha value is -0.770. The number of unbranched alkanes of at least 4 members (excludes halogenated alkanes) is 2. The molecule has 0 bridgehead atoms. The summed E-state index contributed by atoms with van der Waals surface area (Å²) in [6.45, 7) is 8.45. The van der Waals surface area contributed by atoms with E-state index in [2.05, 4.69) is 23.7 Å². The maximum atomic E-state index is 5.29. The molecule has 0 unspecified atom stereocenters. The zero-order valence-electron chi connectivity index (χ0n) is 10.2. The molecule has 0 atom stereocenters. The molecule has 0 heterocycles. The Morgan fingerprint density at radius 3 is 1.93 bits per heavy atom. The summed E-state index contributed by atoms with van der Waals surface area (Å²) in [6.07, 6.45) is 4.99. The number of guanidine groups is 1. The maximum Gasteiger partial charge on any atom is 0.185 e. The number of nitrogens with two attached hydrogens (primary N) is 2. The van der Waals surface area contributed by atoms with E-state index in [9.17, 15) is 0 Å². The lowest BCUT2D eigenvalue weighted by Crippen LogP contribution is -2.30. The van der Waals surface area contributed by atoms with Gasteiger partial charge in [0.15, 0.2) is 5.96 Å². The quantitative estimate of drug-likeness (QED) is 0.447. The van der Waals surface area contributed by atoms with E-state index in [0.717, 1.165) is 26.2 Å². The second-order valence-corrected chi connectivity index (χ2v) is 3.86. The van der Waals surface area contributed by atoms with Crippen LogP contribution in [0.3, 0.4) is 0 Å². The molecule has 0 saturated carbocycles. The zero-order chi connectivity index (χ0) is 11.5. The van der Waals surface area contributed by atoms with Crippen LogP contribution in [0.5, 0.6) is 0 Å². The minimum Gasteiger partial charge on any atom is -0.370 e. The fourth-order valence-electron chi connectivity index (χ4n) is 1.42. The first-order chi connectivity index (χ1) is 7.20. The van der Waals surface area contributed by atoms with Crippen LogP contribution in [0.15, 0.2) is 4.99 Å². The monoisotopic (exact) mass is 214 g/mol. The fourth-order valence-corrected chi connectivity index (χ4v) is 1.42. The first-order valence-corrected chi connectivity index (χ1v) is 5.98. The van der Waals surface area contributed by atoms with E-state index in [1.807, 2.05) is 0 Å². The third kappa shape index (κ3) is 9.53. The van der Waals surface area contributed by atoms with E-state index in [0.29, 0.717) is 0 Å². The summed E-state index contributed by atoms with van der Waals surface area (Å²) in [7, 11) is 0. The van der Waals surface area contributed by atoms with Gasteiger partial charge < -0.3 is 16.4 Å². The Kier molecular flexibility index (Phi) is 9.27. The van der Waals surface area contributed by atoms with Gasteiger partial charge in [-0.3, -0.25) is 4.99 Å². The minimum absolute atomic E-state index is 0.195. The Morgan fingerprint density at radius 1 is 1.00 bits per heavy atom. The highest BCUT2D eigenvalue weighted by Gasteiger charge is 2.02. The van der Waals surface area contributed by atoms with Crippen molar-refractivity contribution in [2.75, 3.05) is 26.2 Å². The van der Waals surface area contributed by atoms with Gasteiger partial charge in [0.05, 0.1) is 6.54 Å². The first-order valence-electron chi connectivity index (χ1n) is 5.98. The van der Waals surface area contributed by atoms with Crippen molar-refractivity contribution < 1.29 is 0 Å². The van der Waals surface area contributed by atoms with Crippen LogP contribution in [0.1, 0.15) is 39.5 Å². The van der Waals surface area contributed by atoms with Gasteiger partial charge in [-0.2, -0.15) is 0 Å². The standard InChI is InChI=1S/C11H26N4/c1-3-5-8-15(9-6-4-2)10-7-14-11(12)13/h3-10H2,1-2H3,(H4,12,13,14). The van der Waals surface area contributed by atoms with Crippen LogP contribution in [-0.4, -0.2) is 37.0 Å². The normalized spacial score (nSPS) is 10.6. The molecule has 0 aromatic carbocycles. The molecule has 0 radical (unpaired) electrons. The van der Waals surface area contributed by atoms with Gasteiger partial charge in [0.2, 0.25) is 0 Å². The average molecular weight is 214 g/mol. The molecule has 15 heavy (non-hydrogen) atoms. The lowest BCUT2D eigenvalue weighted by Gasteiger charge is -2.20. The predicted octanol–water partition coefficient (Wildman–Crippen LogP) is 1.16. The highest BCUT2D eigenvalue weighted by atomic mass is 15.1. The molecular formula is C11H26N4. The van der Waals surface area contributed by atoms with Gasteiger partial charge in [-0.1, -0.05) is 26.7 Å².